The number of ether oxygens (including phenoxy) is 5. The second kappa shape index (κ2) is 8.67. The highest BCUT2D eigenvalue weighted by atomic mass is 16.7. The lowest BCUT2D eigenvalue weighted by Gasteiger charge is -2.31. The zero-order valence-electron chi connectivity index (χ0n) is 19.2. The molecule has 2 N–H and O–H groups in total. The van der Waals surface area contributed by atoms with Crippen LogP contribution in [0.2, 0.25) is 0 Å². The van der Waals surface area contributed by atoms with Gasteiger partial charge >= 0.3 is 0 Å². The van der Waals surface area contributed by atoms with Crippen molar-refractivity contribution in [2.45, 2.75) is 26.1 Å². The smallest absolute Gasteiger partial charge is 0.249 e. The van der Waals surface area contributed by atoms with Crippen LogP contribution < -0.4 is 29.4 Å². The van der Waals surface area contributed by atoms with E-state index in [2.05, 4.69) is 0 Å². The van der Waals surface area contributed by atoms with E-state index in [1.165, 1.54) is 0 Å². The number of methoxy groups -OCH3 is 1. The molecule has 0 aliphatic carbocycles. The Morgan fingerprint density at radius 1 is 0.941 bits per heavy atom. The van der Waals surface area contributed by atoms with Gasteiger partial charge in [0.05, 0.1) is 18.8 Å². The molecule has 1 unspecified atom stereocenters. The summed E-state index contributed by atoms with van der Waals surface area (Å²) < 4.78 is 28.6. The van der Waals surface area contributed by atoms with E-state index in [9.17, 15) is 4.79 Å². The zero-order valence-corrected chi connectivity index (χ0v) is 19.2. The molecule has 2 heterocycles. The van der Waals surface area contributed by atoms with Crippen LogP contribution in [0.5, 0.6) is 28.7 Å². The fourth-order valence-electron chi connectivity index (χ4n) is 4.25. The van der Waals surface area contributed by atoms with Gasteiger partial charge in [-0.1, -0.05) is 18.2 Å². The molecule has 0 saturated heterocycles. The number of amides is 1. The van der Waals surface area contributed by atoms with E-state index in [0.717, 1.165) is 16.7 Å². The van der Waals surface area contributed by atoms with Gasteiger partial charge in [-0.2, -0.15) is 0 Å². The maximum atomic E-state index is 12.9. The Balaban J connectivity index is 1.72. The minimum Gasteiger partial charge on any atom is -0.497 e. The fraction of sp³-hybridized carbons (Fsp3) is 0.222. The number of hydrogen-bond acceptors (Lipinski definition) is 6. The highest BCUT2D eigenvalue weighted by Crippen LogP contribution is 2.47. The highest BCUT2D eigenvalue weighted by molar-refractivity contribution is 6.06. The summed E-state index contributed by atoms with van der Waals surface area (Å²) in [6.45, 7) is 4.07. The van der Waals surface area contributed by atoms with Gasteiger partial charge in [0.15, 0.2) is 17.6 Å². The summed E-state index contributed by atoms with van der Waals surface area (Å²) in [5.74, 6) is 2.68. The van der Waals surface area contributed by atoms with Gasteiger partial charge in [-0.05, 0) is 61.9 Å². The maximum Gasteiger partial charge on any atom is 0.249 e. The third-order valence-electron chi connectivity index (χ3n) is 5.71. The van der Waals surface area contributed by atoms with Gasteiger partial charge in [0, 0.05) is 16.7 Å². The van der Waals surface area contributed by atoms with Crippen molar-refractivity contribution in [3.05, 3.63) is 82.9 Å². The first-order valence-electron chi connectivity index (χ1n) is 11.0. The molecule has 2 aliphatic rings. The van der Waals surface area contributed by atoms with Crippen LogP contribution in [0.3, 0.4) is 0 Å². The Kier molecular flexibility index (Phi) is 5.53. The number of fused-ring (bicyclic) bond motifs is 2. The number of rotatable bonds is 6. The average Bonchev–Trinajstić information content (AvgIpc) is 3.30. The molecule has 5 rings (SSSR count). The summed E-state index contributed by atoms with van der Waals surface area (Å²) in [5.41, 5.74) is 9.29. The van der Waals surface area contributed by atoms with E-state index in [1.807, 2.05) is 74.5 Å². The standard InChI is InChI=1S/C27H25NO6/c1-15(2)33-19-9-11-21-20(13-19)24(16-4-7-18(30-3)8-5-16)25(27(28)29)26(34-21)17-6-10-22-23(12-17)32-14-31-22/h4-13,15,26H,14H2,1-3H3,(H2,28,29). The minimum atomic E-state index is -0.728. The van der Waals surface area contributed by atoms with E-state index in [-0.39, 0.29) is 12.9 Å². The van der Waals surface area contributed by atoms with Crippen molar-refractivity contribution in [3.8, 4) is 28.7 Å². The number of hydrogen-bond donors (Lipinski definition) is 1. The summed E-state index contributed by atoms with van der Waals surface area (Å²) in [5, 5.41) is 0. The van der Waals surface area contributed by atoms with Crippen LogP contribution in [0.1, 0.15) is 36.6 Å². The summed E-state index contributed by atoms with van der Waals surface area (Å²) >= 11 is 0. The highest BCUT2D eigenvalue weighted by Gasteiger charge is 2.35. The second-order valence-electron chi connectivity index (χ2n) is 8.32. The number of nitrogens with two attached hydrogens (primary N) is 1. The Hall–Kier alpha value is -4.13. The number of primary amides is 1. The molecule has 0 spiro atoms. The molecular weight excluding hydrogens is 434 g/mol. The number of carbonyl (C=O) groups excluding carboxylic acids is 1. The molecule has 3 aromatic rings. The van der Waals surface area contributed by atoms with Crippen LogP contribution in [-0.2, 0) is 4.79 Å². The monoisotopic (exact) mass is 459 g/mol. The van der Waals surface area contributed by atoms with Crippen LogP contribution in [-0.4, -0.2) is 25.9 Å². The van der Waals surface area contributed by atoms with Gasteiger partial charge in [-0.25, -0.2) is 0 Å². The third-order valence-corrected chi connectivity index (χ3v) is 5.71. The first-order valence-corrected chi connectivity index (χ1v) is 11.0. The van der Waals surface area contributed by atoms with Crippen molar-refractivity contribution in [1.29, 1.82) is 0 Å². The molecule has 7 heteroatoms. The lowest BCUT2D eigenvalue weighted by Crippen LogP contribution is -2.27. The maximum absolute atomic E-state index is 12.9. The van der Waals surface area contributed by atoms with E-state index in [4.69, 9.17) is 29.4 Å². The average molecular weight is 459 g/mol. The Morgan fingerprint density at radius 2 is 1.65 bits per heavy atom. The van der Waals surface area contributed by atoms with Crippen molar-refractivity contribution in [2.24, 2.45) is 5.73 Å². The largest absolute Gasteiger partial charge is 0.497 e. The first-order chi connectivity index (χ1) is 16.4. The molecule has 7 nitrogen and oxygen atoms in total. The predicted octanol–water partition coefficient (Wildman–Crippen LogP) is 4.63. The number of benzene rings is 3. The molecule has 0 radical (unpaired) electrons. The molecule has 0 bridgehead atoms. The summed E-state index contributed by atoms with van der Waals surface area (Å²) in [4.78, 5) is 12.9. The minimum absolute atomic E-state index is 0.00651. The van der Waals surface area contributed by atoms with Gasteiger partial charge in [-0.15, -0.1) is 0 Å². The van der Waals surface area contributed by atoms with Crippen LogP contribution in [0.4, 0.5) is 0 Å². The van der Waals surface area contributed by atoms with Crippen molar-refractivity contribution < 1.29 is 28.5 Å². The Labute approximate surface area is 197 Å². The molecule has 174 valence electrons. The molecule has 1 atom stereocenters. The molecule has 2 aliphatic heterocycles. The quantitative estimate of drug-likeness (QED) is 0.578. The SMILES string of the molecule is COc1ccc(C2=C(C(N)=O)C(c3ccc4c(c3)OCO4)Oc3ccc(OC(C)C)cc32)cc1. The van der Waals surface area contributed by atoms with Crippen LogP contribution in [0.15, 0.2) is 66.2 Å². The predicted molar refractivity (Wildman–Crippen MR) is 126 cm³/mol. The van der Waals surface area contributed by atoms with Gasteiger partial charge in [0.2, 0.25) is 12.7 Å². The van der Waals surface area contributed by atoms with Gasteiger partial charge in [-0.3, -0.25) is 4.79 Å². The van der Waals surface area contributed by atoms with Gasteiger partial charge in [0.1, 0.15) is 17.2 Å². The Bertz CT molecular complexity index is 1280. The molecule has 0 saturated carbocycles. The van der Waals surface area contributed by atoms with Gasteiger partial charge in [0.25, 0.3) is 0 Å². The summed E-state index contributed by atoms with van der Waals surface area (Å²) in [6, 6.07) is 18.6. The van der Waals surface area contributed by atoms with Crippen molar-refractivity contribution in [3.63, 3.8) is 0 Å². The van der Waals surface area contributed by atoms with E-state index in [0.29, 0.717) is 39.9 Å². The zero-order chi connectivity index (χ0) is 23.8. The van der Waals surface area contributed by atoms with Crippen molar-refractivity contribution in [2.75, 3.05) is 13.9 Å². The topological polar surface area (TPSA) is 89.2 Å². The molecule has 0 fully saturated rings. The lowest BCUT2D eigenvalue weighted by atomic mass is 9.85. The van der Waals surface area contributed by atoms with Crippen molar-refractivity contribution >= 4 is 11.5 Å². The molecular formula is C27H25NO6. The Morgan fingerprint density at radius 3 is 2.35 bits per heavy atom. The summed E-state index contributed by atoms with van der Waals surface area (Å²) in [7, 11) is 1.61. The van der Waals surface area contributed by atoms with Crippen LogP contribution >= 0.6 is 0 Å². The molecule has 34 heavy (non-hydrogen) atoms. The normalized spacial score (nSPS) is 16.2. The molecule has 1 amide bonds. The fourth-order valence-corrected chi connectivity index (χ4v) is 4.25. The van der Waals surface area contributed by atoms with Crippen LogP contribution in [0.25, 0.3) is 5.57 Å². The second-order valence-corrected chi connectivity index (χ2v) is 8.32. The van der Waals surface area contributed by atoms with Gasteiger partial charge < -0.3 is 29.4 Å². The molecule has 3 aromatic carbocycles. The lowest BCUT2D eigenvalue weighted by molar-refractivity contribution is -0.115. The number of carbonyl (C=O) groups is 1. The van der Waals surface area contributed by atoms with E-state index < -0.39 is 12.0 Å². The third kappa shape index (κ3) is 3.90. The van der Waals surface area contributed by atoms with Crippen molar-refractivity contribution in [1.82, 2.24) is 0 Å². The summed E-state index contributed by atoms with van der Waals surface area (Å²) in [6.07, 6.45) is -0.735. The molecule has 0 aromatic heterocycles. The van der Waals surface area contributed by atoms with E-state index in [1.54, 1.807) is 7.11 Å². The first kappa shape index (κ1) is 21.7. The van der Waals surface area contributed by atoms with E-state index >= 15 is 0 Å². The van der Waals surface area contributed by atoms with Crippen LogP contribution in [0, 0.1) is 0 Å².